The number of rotatable bonds is 6. The van der Waals surface area contributed by atoms with Crippen molar-refractivity contribution in [1.29, 1.82) is 0 Å². The number of nitrogens with one attached hydrogen (secondary N) is 2. The zero-order chi connectivity index (χ0) is 19.2. The summed E-state index contributed by atoms with van der Waals surface area (Å²) in [5, 5.41) is 6.24. The van der Waals surface area contributed by atoms with E-state index in [4.69, 9.17) is 0 Å². The number of amides is 2. The minimum atomic E-state index is -0.252. The van der Waals surface area contributed by atoms with Crippen LogP contribution in [0.3, 0.4) is 0 Å². The molecule has 2 aliphatic rings. The molecule has 5 nitrogen and oxygen atoms in total. The molecular formula is C21H30FN3O2. The summed E-state index contributed by atoms with van der Waals surface area (Å²) >= 11 is 0. The summed E-state index contributed by atoms with van der Waals surface area (Å²) in [5.74, 6) is 0.0324. The number of hydrogen-bond acceptors (Lipinski definition) is 3. The number of carbonyl (C=O) groups excluding carboxylic acids is 2. The van der Waals surface area contributed by atoms with Crippen molar-refractivity contribution in [2.45, 2.75) is 51.0 Å². The van der Waals surface area contributed by atoms with Crippen molar-refractivity contribution in [2.75, 3.05) is 26.2 Å². The van der Waals surface area contributed by atoms with Crippen LogP contribution < -0.4 is 10.6 Å². The van der Waals surface area contributed by atoms with Crippen molar-refractivity contribution in [2.24, 2.45) is 5.92 Å². The van der Waals surface area contributed by atoms with Crippen LogP contribution in [0, 0.1) is 11.7 Å². The van der Waals surface area contributed by atoms with Gasteiger partial charge >= 0.3 is 0 Å². The number of piperidine rings is 1. The smallest absolute Gasteiger partial charge is 0.237 e. The van der Waals surface area contributed by atoms with Crippen LogP contribution in [0.25, 0.3) is 0 Å². The van der Waals surface area contributed by atoms with E-state index in [2.05, 4.69) is 10.6 Å². The normalized spacial score (nSPS) is 23.9. The molecule has 2 N–H and O–H groups in total. The van der Waals surface area contributed by atoms with Gasteiger partial charge in [-0.2, -0.15) is 0 Å². The number of likely N-dealkylation sites (tertiary alicyclic amines) is 1. The van der Waals surface area contributed by atoms with Gasteiger partial charge in [-0.05, 0) is 55.7 Å². The van der Waals surface area contributed by atoms with Crippen LogP contribution in [-0.4, -0.2) is 48.9 Å². The molecule has 0 radical (unpaired) electrons. The first-order valence-corrected chi connectivity index (χ1v) is 10.1. The molecule has 2 aliphatic heterocycles. The Hall–Kier alpha value is -1.95. The highest BCUT2D eigenvalue weighted by Gasteiger charge is 2.27. The van der Waals surface area contributed by atoms with E-state index in [1.165, 1.54) is 6.07 Å². The molecule has 0 saturated carbocycles. The fourth-order valence-electron chi connectivity index (χ4n) is 4.11. The minimum Gasteiger partial charge on any atom is -0.354 e. The second-order valence-corrected chi connectivity index (χ2v) is 7.87. The van der Waals surface area contributed by atoms with E-state index in [0.717, 1.165) is 38.8 Å². The van der Waals surface area contributed by atoms with Gasteiger partial charge in [0.05, 0.1) is 6.04 Å². The standard InChI is InChI=1S/C21H30FN3O2/c1-15(17-7-2-3-8-18(17)22)12-20(26)25-11-5-6-16(14-25)13-24-21(27)19-9-4-10-23-19/h2-3,7-8,15-16,19,23H,4-6,9-14H2,1H3,(H,24,27). The topological polar surface area (TPSA) is 61.4 Å². The summed E-state index contributed by atoms with van der Waals surface area (Å²) in [4.78, 5) is 26.7. The van der Waals surface area contributed by atoms with Crippen LogP contribution in [0.1, 0.15) is 50.5 Å². The highest BCUT2D eigenvalue weighted by atomic mass is 19.1. The molecule has 148 valence electrons. The van der Waals surface area contributed by atoms with Crippen molar-refractivity contribution in [3.63, 3.8) is 0 Å². The molecule has 2 saturated heterocycles. The lowest BCUT2D eigenvalue weighted by Gasteiger charge is -2.33. The van der Waals surface area contributed by atoms with Crippen LogP contribution in [0.5, 0.6) is 0 Å². The van der Waals surface area contributed by atoms with Gasteiger partial charge < -0.3 is 15.5 Å². The molecule has 0 aromatic heterocycles. The van der Waals surface area contributed by atoms with Crippen molar-refractivity contribution >= 4 is 11.8 Å². The fourth-order valence-corrected chi connectivity index (χ4v) is 4.11. The molecule has 2 heterocycles. The van der Waals surface area contributed by atoms with Crippen molar-refractivity contribution in [3.05, 3.63) is 35.6 Å². The predicted octanol–water partition coefficient (Wildman–Crippen LogP) is 2.43. The van der Waals surface area contributed by atoms with Gasteiger partial charge in [0.25, 0.3) is 0 Å². The van der Waals surface area contributed by atoms with Gasteiger partial charge in [0.15, 0.2) is 0 Å². The van der Waals surface area contributed by atoms with Crippen LogP contribution >= 0.6 is 0 Å². The van der Waals surface area contributed by atoms with E-state index < -0.39 is 0 Å². The summed E-state index contributed by atoms with van der Waals surface area (Å²) in [6, 6.07) is 6.59. The molecule has 6 heteroatoms. The summed E-state index contributed by atoms with van der Waals surface area (Å²) in [6.07, 6.45) is 4.22. The molecule has 2 fully saturated rings. The molecule has 1 aromatic carbocycles. The van der Waals surface area contributed by atoms with Gasteiger partial charge in [-0.3, -0.25) is 9.59 Å². The van der Waals surface area contributed by atoms with Gasteiger partial charge in [0.2, 0.25) is 11.8 Å². The summed E-state index contributed by atoms with van der Waals surface area (Å²) in [6.45, 7) is 4.83. The Morgan fingerprint density at radius 3 is 2.85 bits per heavy atom. The largest absolute Gasteiger partial charge is 0.354 e. The van der Waals surface area contributed by atoms with E-state index in [1.807, 2.05) is 11.8 Å². The Labute approximate surface area is 160 Å². The molecule has 1 aromatic rings. The lowest BCUT2D eigenvalue weighted by molar-refractivity contribution is -0.133. The van der Waals surface area contributed by atoms with Gasteiger partial charge in [-0.1, -0.05) is 25.1 Å². The molecule has 2 amide bonds. The Balaban J connectivity index is 1.47. The predicted molar refractivity (Wildman–Crippen MR) is 103 cm³/mol. The molecule has 0 spiro atoms. The highest BCUT2D eigenvalue weighted by Crippen LogP contribution is 2.24. The Bertz CT molecular complexity index is 661. The van der Waals surface area contributed by atoms with Gasteiger partial charge in [-0.25, -0.2) is 4.39 Å². The number of halogens is 1. The highest BCUT2D eigenvalue weighted by molar-refractivity contribution is 5.82. The maximum absolute atomic E-state index is 13.9. The summed E-state index contributed by atoms with van der Waals surface area (Å²) < 4.78 is 13.9. The first-order chi connectivity index (χ1) is 13.0. The average molecular weight is 375 g/mol. The molecule has 0 aliphatic carbocycles. The third kappa shape index (κ3) is 5.28. The zero-order valence-corrected chi connectivity index (χ0v) is 16.0. The lowest BCUT2D eigenvalue weighted by Crippen LogP contribution is -2.46. The molecule has 0 bridgehead atoms. The number of hydrogen-bond donors (Lipinski definition) is 2. The Morgan fingerprint density at radius 1 is 1.30 bits per heavy atom. The van der Waals surface area contributed by atoms with Crippen LogP contribution in [-0.2, 0) is 9.59 Å². The number of benzene rings is 1. The third-order valence-electron chi connectivity index (χ3n) is 5.73. The first-order valence-electron chi connectivity index (χ1n) is 10.1. The van der Waals surface area contributed by atoms with E-state index in [0.29, 0.717) is 25.1 Å². The number of carbonyl (C=O) groups is 2. The van der Waals surface area contributed by atoms with Crippen molar-refractivity contribution in [3.8, 4) is 0 Å². The van der Waals surface area contributed by atoms with E-state index in [9.17, 15) is 14.0 Å². The summed E-state index contributed by atoms with van der Waals surface area (Å²) in [7, 11) is 0. The zero-order valence-electron chi connectivity index (χ0n) is 16.0. The minimum absolute atomic E-state index is 0.0621. The fraction of sp³-hybridized carbons (Fsp3) is 0.619. The van der Waals surface area contributed by atoms with Crippen molar-refractivity contribution < 1.29 is 14.0 Å². The van der Waals surface area contributed by atoms with E-state index in [-0.39, 0.29) is 35.5 Å². The maximum Gasteiger partial charge on any atom is 0.237 e. The molecule has 3 unspecified atom stereocenters. The first kappa shape index (κ1) is 19.8. The Kier molecular flexibility index (Phi) is 6.83. The SMILES string of the molecule is CC(CC(=O)N1CCCC(CNC(=O)C2CCCN2)C1)c1ccccc1F. The monoisotopic (exact) mass is 375 g/mol. The van der Waals surface area contributed by atoms with Gasteiger partial charge in [0.1, 0.15) is 5.82 Å². The molecule has 3 rings (SSSR count). The Morgan fingerprint density at radius 2 is 2.11 bits per heavy atom. The number of nitrogens with zero attached hydrogens (tertiary/aromatic N) is 1. The van der Waals surface area contributed by atoms with Crippen LogP contribution in [0.15, 0.2) is 24.3 Å². The maximum atomic E-state index is 13.9. The van der Waals surface area contributed by atoms with Gasteiger partial charge in [-0.15, -0.1) is 0 Å². The molecule has 3 atom stereocenters. The second-order valence-electron chi connectivity index (χ2n) is 7.87. The molecule has 27 heavy (non-hydrogen) atoms. The molecular weight excluding hydrogens is 345 g/mol. The van der Waals surface area contributed by atoms with Crippen molar-refractivity contribution in [1.82, 2.24) is 15.5 Å². The van der Waals surface area contributed by atoms with Crippen LogP contribution in [0.4, 0.5) is 4.39 Å². The van der Waals surface area contributed by atoms with E-state index in [1.54, 1.807) is 18.2 Å². The van der Waals surface area contributed by atoms with E-state index >= 15 is 0 Å². The van der Waals surface area contributed by atoms with Gasteiger partial charge in [0, 0.05) is 26.1 Å². The van der Waals surface area contributed by atoms with Crippen LogP contribution in [0.2, 0.25) is 0 Å². The summed E-state index contributed by atoms with van der Waals surface area (Å²) in [5.41, 5.74) is 0.593. The quantitative estimate of drug-likeness (QED) is 0.803. The average Bonchev–Trinajstić information content (AvgIpc) is 3.21. The second kappa shape index (κ2) is 9.31. The lowest BCUT2D eigenvalue weighted by atomic mass is 9.94. The third-order valence-corrected chi connectivity index (χ3v) is 5.73.